The quantitative estimate of drug-likeness (QED) is 0.269. The Hall–Kier alpha value is -4.52. The SMILES string of the molecule is COc1ccc(CC2(Cc3ccc(OC)c(F)c3)C(=O)N(c3ccccc3C)C(=O)c3ccccc32)cc1F. The summed E-state index contributed by atoms with van der Waals surface area (Å²) in [6.45, 7) is 1.83. The Morgan fingerprint density at radius 1 is 0.744 bits per heavy atom. The van der Waals surface area contributed by atoms with Crippen LogP contribution in [0, 0.1) is 18.6 Å². The molecule has 0 radical (unpaired) electrons. The van der Waals surface area contributed by atoms with Gasteiger partial charge in [0, 0.05) is 5.56 Å². The Bertz CT molecular complexity index is 1530. The monoisotopic (exact) mass is 527 g/mol. The Kier molecular flexibility index (Phi) is 6.91. The van der Waals surface area contributed by atoms with Gasteiger partial charge < -0.3 is 9.47 Å². The summed E-state index contributed by atoms with van der Waals surface area (Å²) in [6.07, 6.45) is 0.125. The lowest BCUT2D eigenvalue weighted by molar-refractivity contribution is -0.124. The van der Waals surface area contributed by atoms with Crippen molar-refractivity contribution in [2.75, 3.05) is 19.1 Å². The highest BCUT2D eigenvalue weighted by atomic mass is 19.1. The normalized spacial score (nSPS) is 14.2. The Morgan fingerprint density at radius 2 is 1.28 bits per heavy atom. The first kappa shape index (κ1) is 26.1. The summed E-state index contributed by atoms with van der Waals surface area (Å²) in [7, 11) is 2.76. The van der Waals surface area contributed by atoms with E-state index in [2.05, 4.69) is 0 Å². The molecule has 4 aromatic carbocycles. The third-order valence-corrected chi connectivity index (χ3v) is 7.29. The largest absolute Gasteiger partial charge is 0.494 e. The van der Waals surface area contributed by atoms with Crippen LogP contribution in [-0.4, -0.2) is 26.0 Å². The van der Waals surface area contributed by atoms with Gasteiger partial charge in [-0.25, -0.2) is 13.7 Å². The van der Waals surface area contributed by atoms with E-state index in [1.807, 2.05) is 19.1 Å². The number of carbonyl (C=O) groups excluding carboxylic acids is 2. The van der Waals surface area contributed by atoms with Crippen LogP contribution in [0.25, 0.3) is 0 Å². The molecule has 0 fully saturated rings. The first-order chi connectivity index (χ1) is 18.8. The molecule has 0 aliphatic carbocycles. The van der Waals surface area contributed by atoms with Gasteiger partial charge >= 0.3 is 0 Å². The van der Waals surface area contributed by atoms with Crippen LogP contribution < -0.4 is 14.4 Å². The molecule has 0 aromatic heterocycles. The molecule has 0 bridgehead atoms. The van der Waals surface area contributed by atoms with E-state index < -0.39 is 28.9 Å². The van der Waals surface area contributed by atoms with Crippen molar-refractivity contribution >= 4 is 17.5 Å². The number of carbonyl (C=O) groups is 2. The van der Waals surface area contributed by atoms with Crippen molar-refractivity contribution in [3.63, 3.8) is 0 Å². The van der Waals surface area contributed by atoms with Gasteiger partial charge in [-0.05, 0) is 78.4 Å². The minimum Gasteiger partial charge on any atom is -0.494 e. The fourth-order valence-corrected chi connectivity index (χ4v) is 5.40. The lowest BCUT2D eigenvalue weighted by atomic mass is 9.66. The zero-order chi connectivity index (χ0) is 27.7. The second kappa shape index (κ2) is 10.3. The molecular formula is C32H27F2NO4. The Balaban J connectivity index is 1.75. The van der Waals surface area contributed by atoms with Crippen LogP contribution in [0.3, 0.4) is 0 Å². The Morgan fingerprint density at radius 3 is 1.82 bits per heavy atom. The Labute approximate surface area is 225 Å². The summed E-state index contributed by atoms with van der Waals surface area (Å²) < 4.78 is 39.8. The van der Waals surface area contributed by atoms with Crippen LogP contribution in [0.15, 0.2) is 84.9 Å². The molecule has 39 heavy (non-hydrogen) atoms. The fourth-order valence-electron chi connectivity index (χ4n) is 5.40. The number of fused-ring (bicyclic) bond motifs is 1. The summed E-state index contributed by atoms with van der Waals surface area (Å²) >= 11 is 0. The molecule has 1 aliphatic rings. The first-order valence-electron chi connectivity index (χ1n) is 12.5. The molecule has 0 saturated carbocycles. The zero-order valence-electron chi connectivity index (χ0n) is 21.8. The number of benzene rings is 4. The van der Waals surface area contributed by atoms with E-state index in [4.69, 9.17) is 9.47 Å². The van der Waals surface area contributed by atoms with Gasteiger partial charge in [0.2, 0.25) is 5.91 Å². The summed E-state index contributed by atoms with van der Waals surface area (Å²) in [4.78, 5) is 29.7. The second-order valence-electron chi connectivity index (χ2n) is 9.65. The zero-order valence-corrected chi connectivity index (χ0v) is 21.8. The highest BCUT2D eigenvalue weighted by Crippen LogP contribution is 2.43. The average molecular weight is 528 g/mol. The van der Waals surface area contributed by atoms with Gasteiger partial charge in [-0.15, -0.1) is 0 Å². The number of anilines is 1. The van der Waals surface area contributed by atoms with Crippen molar-refractivity contribution < 1.29 is 27.8 Å². The average Bonchev–Trinajstić information content (AvgIpc) is 2.93. The molecule has 0 spiro atoms. The highest BCUT2D eigenvalue weighted by molar-refractivity contribution is 6.27. The summed E-state index contributed by atoms with van der Waals surface area (Å²) in [6, 6.07) is 23.2. The van der Waals surface area contributed by atoms with Crippen LogP contribution in [0.1, 0.15) is 32.6 Å². The molecule has 0 atom stereocenters. The minimum atomic E-state index is -1.35. The van der Waals surface area contributed by atoms with E-state index in [0.29, 0.717) is 27.9 Å². The number of hydrogen-bond acceptors (Lipinski definition) is 4. The number of hydrogen-bond donors (Lipinski definition) is 0. The van der Waals surface area contributed by atoms with Gasteiger partial charge in [0.1, 0.15) is 0 Å². The van der Waals surface area contributed by atoms with E-state index in [9.17, 15) is 18.4 Å². The van der Waals surface area contributed by atoms with E-state index in [-0.39, 0.29) is 24.3 Å². The number of rotatable bonds is 7. The number of methoxy groups -OCH3 is 2. The number of halogens is 2. The van der Waals surface area contributed by atoms with E-state index in [1.54, 1.807) is 48.5 Å². The van der Waals surface area contributed by atoms with Crippen molar-refractivity contribution in [2.24, 2.45) is 0 Å². The molecular weight excluding hydrogens is 500 g/mol. The molecule has 5 rings (SSSR count). The van der Waals surface area contributed by atoms with Gasteiger partial charge in [0.15, 0.2) is 23.1 Å². The second-order valence-corrected chi connectivity index (χ2v) is 9.65. The van der Waals surface area contributed by atoms with Crippen molar-refractivity contribution in [3.05, 3.63) is 124 Å². The van der Waals surface area contributed by atoms with Crippen LogP contribution >= 0.6 is 0 Å². The third-order valence-electron chi connectivity index (χ3n) is 7.29. The molecule has 1 heterocycles. The number of amides is 2. The third kappa shape index (κ3) is 4.54. The molecule has 5 nitrogen and oxygen atoms in total. The molecule has 0 saturated heterocycles. The topological polar surface area (TPSA) is 55.8 Å². The van der Waals surface area contributed by atoms with Crippen LogP contribution in [0.4, 0.5) is 14.5 Å². The fraction of sp³-hybridized carbons (Fsp3) is 0.188. The van der Waals surface area contributed by atoms with E-state index in [0.717, 1.165) is 5.56 Å². The standard InChI is InChI=1S/C32H27F2NO4/c1-20-8-4-7-11-27(20)35-30(36)23-9-5-6-10-24(23)32(31(35)37,18-21-12-14-28(38-2)25(33)16-21)19-22-13-15-29(39-3)26(34)17-22/h4-17H,18-19H2,1-3H3. The first-order valence-corrected chi connectivity index (χ1v) is 12.5. The van der Waals surface area contributed by atoms with Crippen molar-refractivity contribution in [1.82, 2.24) is 0 Å². The number of nitrogens with zero attached hydrogens (tertiary/aromatic N) is 1. The molecule has 2 amide bonds. The summed E-state index contributed by atoms with van der Waals surface area (Å²) in [5, 5.41) is 0. The lowest BCUT2D eigenvalue weighted by Gasteiger charge is -2.42. The van der Waals surface area contributed by atoms with Gasteiger partial charge in [0.05, 0.1) is 25.3 Å². The van der Waals surface area contributed by atoms with Gasteiger partial charge in [-0.2, -0.15) is 0 Å². The number of para-hydroxylation sites is 1. The molecule has 0 N–H and O–H groups in total. The maximum Gasteiger partial charge on any atom is 0.265 e. The minimum absolute atomic E-state index is 0.0626. The molecule has 1 aliphatic heterocycles. The van der Waals surface area contributed by atoms with Gasteiger partial charge in [0.25, 0.3) is 5.91 Å². The van der Waals surface area contributed by atoms with E-state index >= 15 is 0 Å². The maximum absolute atomic E-state index is 14.8. The highest BCUT2D eigenvalue weighted by Gasteiger charge is 2.51. The van der Waals surface area contributed by atoms with Crippen LogP contribution in [0.5, 0.6) is 11.5 Å². The molecule has 4 aromatic rings. The number of imide groups is 1. The smallest absolute Gasteiger partial charge is 0.265 e. The van der Waals surface area contributed by atoms with E-state index in [1.165, 1.54) is 43.4 Å². The maximum atomic E-state index is 14.8. The predicted molar refractivity (Wildman–Crippen MR) is 144 cm³/mol. The van der Waals surface area contributed by atoms with Crippen molar-refractivity contribution in [2.45, 2.75) is 25.2 Å². The summed E-state index contributed by atoms with van der Waals surface area (Å²) in [5.74, 6) is -1.88. The van der Waals surface area contributed by atoms with Crippen LogP contribution in [-0.2, 0) is 23.1 Å². The van der Waals surface area contributed by atoms with Crippen molar-refractivity contribution in [1.29, 1.82) is 0 Å². The van der Waals surface area contributed by atoms with Crippen molar-refractivity contribution in [3.8, 4) is 11.5 Å². The van der Waals surface area contributed by atoms with Crippen LogP contribution in [0.2, 0.25) is 0 Å². The number of ether oxygens (including phenoxy) is 2. The summed E-state index contributed by atoms with van der Waals surface area (Å²) in [5.41, 5.74) is 1.80. The molecule has 7 heteroatoms. The lowest BCUT2D eigenvalue weighted by Crippen LogP contribution is -2.57. The number of aryl methyl sites for hydroxylation is 1. The molecule has 198 valence electrons. The predicted octanol–water partition coefficient (Wildman–Crippen LogP) is 6.20. The van der Waals surface area contributed by atoms with Gasteiger partial charge in [-0.1, -0.05) is 48.5 Å². The molecule has 0 unspecified atom stereocenters. The van der Waals surface area contributed by atoms with Gasteiger partial charge in [-0.3, -0.25) is 9.59 Å².